The SMILES string of the molecule is c1ccc2c(c1)Oc1cc3c4ccccc4c4ccccc4c3cc1N2c1ccc2c(c1)c1ccccc1n1c3ccccc3nc21. The maximum atomic E-state index is 6.69. The van der Waals surface area contributed by atoms with Gasteiger partial charge in [0.1, 0.15) is 5.65 Å². The van der Waals surface area contributed by atoms with Gasteiger partial charge in [-0.15, -0.1) is 0 Å². The molecular formula is C43H25N3O. The van der Waals surface area contributed by atoms with Gasteiger partial charge in [-0.05, 0) is 98.4 Å². The van der Waals surface area contributed by atoms with Crippen LogP contribution in [0.3, 0.4) is 0 Å². The zero-order valence-corrected chi connectivity index (χ0v) is 25.2. The lowest BCUT2D eigenvalue weighted by Gasteiger charge is -2.33. The lowest BCUT2D eigenvalue weighted by molar-refractivity contribution is 0.478. The van der Waals surface area contributed by atoms with Crippen LogP contribution in [0.5, 0.6) is 11.5 Å². The average molecular weight is 600 g/mol. The molecule has 0 atom stereocenters. The van der Waals surface area contributed by atoms with Crippen molar-refractivity contribution in [2.24, 2.45) is 0 Å². The van der Waals surface area contributed by atoms with E-state index >= 15 is 0 Å². The van der Waals surface area contributed by atoms with Gasteiger partial charge in [-0.1, -0.05) is 91.0 Å². The summed E-state index contributed by atoms with van der Waals surface area (Å²) in [7, 11) is 0. The van der Waals surface area contributed by atoms with Crippen LogP contribution in [-0.2, 0) is 0 Å². The van der Waals surface area contributed by atoms with Crippen LogP contribution in [0.15, 0.2) is 152 Å². The highest BCUT2D eigenvalue weighted by molar-refractivity contribution is 6.26. The van der Waals surface area contributed by atoms with Gasteiger partial charge >= 0.3 is 0 Å². The van der Waals surface area contributed by atoms with Crippen molar-refractivity contribution in [3.05, 3.63) is 152 Å². The molecule has 0 aliphatic carbocycles. The summed E-state index contributed by atoms with van der Waals surface area (Å²) >= 11 is 0. The molecule has 4 heteroatoms. The van der Waals surface area contributed by atoms with Gasteiger partial charge in [0.25, 0.3) is 0 Å². The largest absolute Gasteiger partial charge is 0.453 e. The molecule has 0 N–H and O–H groups in total. The van der Waals surface area contributed by atoms with Crippen LogP contribution in [0.25, 0.3) is 70.7 Å². The summed E-state index contributed by atoms with van der Waals surface area (Å²) in [5, 5.41) is 10.9. The predicted octanol–water partition coefficient (Wildman–Crippen LogP) is 11.8. The quantitative estimate of drug-likeness (QED) is 0.176. The highest BCUT2D eigenvalue weighted by Gasteiger charge is 2.28. The van der Waals surface area contributed by atoms with E-state index in [4.69, 9.17) is 9.72 Å². The Morgan fingerprint density at radius 1 is 0.404 bits per heavy atom. The molecule has 11 rings (SSSR count). The monoisotopic (exact) mass is 599 g/mol. The lowest BCUT2D eigenvalue weighted by atomic mass is 9.93. The Labute approximate surface area is 269 Å². The van der Waals surface area contributed by atoms with E-state index in [1.54, 1.807) is 0 Å². The van der Waals surface area contributed by atoms with E-state index in [1.807, 2.05) is 6.07 Å². The van der Waals surface area contributed by atoms with E-state index in [0.29, 0.717) is 0 Å². The minimum Gasteiger partial charge on any atom is -0.453 e. The zero-order valence-electron chi connectivity index (χ0n) is 25.2. The smallest absolute Gasteiger partial charge is 0.152 e. The molecule has 0 saturated carbocycles. The van der Waals surface area contributed by atoms with E-state index in [2.05, 4.69) is 155 Å². The van der Waals surface area contributed by atoms with Gasteiger partial charge in [-0.2, -0.15) is 0 Å². The molecule has 218 valence electrons. The fourth-order valence-corrected chi connectivity index (χ4v) is 7.87. The summed E-state index contributed by atoms with van der Waals surface area (Å²) in [5.41, 5.74) is 7.34. The van der Waals surface area contributed by atoms with E-state index in [-0.39, 0.29) is 0 Å². The Bertz CT molecular complexity index is 2960. The number of pyridine rings is 1. The second-order valence-electron chi connectivity index (χ2n) is 12.4. The van der Waals surface area contributed by atoms with Gasteiger partial charge in [0.05, 0.1) is 27.9 Å². The first kappa shape index (κ1) is 24.9. The Morgan fingerprint density at radius 3 is 1.79 bits per heavy atom. The van der Waals surface area contributed by atoms with Crippen molar-refractivity contribution in [2.75, 3.05) is 4.90 Å². The number of para-hydroxylation sites is 5. The number of fused-ring (bicyclic) bond motifs is 16. The molecule has 0 saturated heterocycles. The van der Waals surface area contributed by atoms with Crippen molar-refractivity contribution in [1.82, 2.24) is 9.38 Å². The normalized spacial score (nSPS) is 12.8. The van der Waals surface area contributed by atoms with Gasteiger partial charge in [0.2, 0.25) is 0 Å². The Morgan fingerprint density at radius 2 is 1.00 bits per heavy atom. The van der Waals surface area contributed by atoms with Gasteiger partial charge < -0.3 is 9.64 Å². The summed E-state index contributed by atoms with van der Waals surface area (Å²) in [6, 6.07) is 54.1. The summed E-state index contributed by atoms with van der Waals surface area (Å²) in [6.07, 6.45) is 0. The van der Waals surface area contributed by atoms with Crippen LogP contribution in [0.4, 0.5) is 17.1 Å². The summed E-state index contributed by atoms with van der Waals surface area (Å²) in [5.74, 6) is 1.68. The lowest BCUT2D eigenvalue weighted by Crippen LogP contribution is -2.15. The molecule has 1 aliphatic heterocycles. The maximum Gasteiger partial charge on any atom is 0.152 e. The molecule has 8 aromatic carbocycles. The number of imidazole rings is 1. The zero-order chi connectivity index (χ0) is 30.6. The third kappa shape index (κ3) is 3.34. The van der Waals surface area contributed by atoms with Crippen molar-refractivity contribution in [2.45, 2.75) is 0 Å². The number of anilines is 3. The number of ether oxygens (including phenoxy) is 1. The number of hydrogen-bond acceptors (Lipinski definition) is 3. The molecule has 4 nitrogen and oxygen atoms in total. The van der Waals surface area contributed by atoms with E-state index in [0.717, 1.165) is 56.1 Å². The first-order chi connectivity index (χ1) is 23.3. The summed E-state index contributed by atoms with van der Waals surface area (Å²) in [4.78, 5) is 7.48. The van der Waals surface area contributed by atoms with Gasteiger partial charge in [0.15, 0.2) is 11.5 Å². The topological polar surface area (TPSA) is 29.8 Å². The number of hydrogen-bond donors (Lipinski definition) is 0. The van der Waals surface area contributed by atoms with E-state index in [9.17, 15) is 0 Å². The second-order valence-corrected chi connectivity index (χ2v) is 12.4. The predicted molar refractivity (Wildman–Crippen MR) is 195 cm³/mol. The van der Waals surface area contributed by atoms with Crippen LogP contribution in [0.2, 0.25) is 0 Å². The molecule has 3 heterocycles. The number of aromatic nitrogens is 2. The molecule has 0 unspecified atom stereocenters. The minimum absolute atomic E-state index is 0.837. The summed E-state index contributed by atoms with van der Waals surface area (Å²) < 4.78 is 8.99. The van der Waals surface area contributed by atoms with E-state index < -0.39 is 0 Å². The third-order valence-electron chi connectivity index (χ3n) is 9.89. The Hall–Kier alpha value is -6.39. The van der Waals surface area contributed by atoms with Crippen molar-refractivity contribution in [3.63, 3.8) is 0 Å². The van der Waals surface area contributed by atoms with Crippen LogP contribution >= 0.6 is 0 Å². The summed E-state index contributed by atoms with van der Waals surface area (Å²) in [6.45, 7) is 0. The number of benzene rings is 8. The van der Waals surface area contributed by atoms with Crippen molar-refractivity contribution in [3.8, 4) is 11.5 Å². The second kappa shape index (κ2) is 9.09. The highest BCUT2D eigenvalue weighted by atomic mass is 16.5. The molecule has 0 fully saturated rings. The van der Waals surface area contributed by atoms with Crippen LogP contribution in [0, 0.1) is 0 Å². The molecule has 47 heavy (non-hydrogen) atoms. The highest BCUT2D eigenvalue weighted by Crippen LogP contribution is 2.53. The molecule has 0 radical (unpaired) electrons. The fraction of sp³-hybridized carbons (Fsp3) is 0. The maximum absolute atomic E-state index is 6.69. The van der Waals surface area contributed by atoms with Crippen LogP contribution < -0.4 is 9.64 Å². The van der Waals surface area contributed by atoms with Crippen molar-refractivity contribution >= 4 is 87.7 Å². The molecule has 1 aliphatic rings. The molecule has 0 amide bonds. The molecule has 0 spiro atoms. The van der Waals surface area contributed by atoms with Crippen LogP contribution in [-0.4, -0.2) is 9.38 Å². The number of rotatable bonds is 1. The average Bonchev–Trinajstić information content (AvgIpc) is 3.53. The van der Waals surface area contributed by atoms with Crippen LogP contribution in [0.1, 0.15) is 0 Å². The first-order valence-electron chi connectivity index (χ1n) is 16.0. The molecular weight excluding hydrogens is 574 g/mol. The fourth-order valence-electron chi connectivity index (χ4n) is 7.87. The molecule has 0 bridgehead atoms. The third-order valence-corrected chi connectivity index (χ3v) is 9.89. The van der Waals surface area contributed by atoms with Crippen molar-refractivity contribution < 1.29 is 4.74 Å². The standard InChI is InChI=1S/C43H25N3O/c1-3-13-29-27(11-1)28-12-2-4-14-30(28)35-25-42-40(24-34(29)35)45(39-19-9-10-20-41(39)47-42)26-21-22-32-33(23-26)31-15-5-7-17-37(31)46-38-18-8-6-16-36(38)44-43(32)46/h1-25H. The van der Waals surface area contributed by atoms with Gasteiger partial charge in [-0.3, -0.25) is 4.40 Å². The first-order valence-corrected chi connectivity index (χ1v) is 16.0. The van der Waals surface area contributed by atoms with E-state index in [1.165, 1.54) is 43.1 Å². The minimum atomic E-state index is 0.837. The molecule has 10 aromatic rings. The number of nitrogens with zero attached hydrogens (tertiary/aromatic N) is 3. The Balaban J connectivity index is 1.24. The Kier molecular flexibility index (Phi) is 4.81. The van der Waals surface area contributed by atoms with Gasteiger partial charge in [0, 0.05) is 16.5 Å². The van der Waals surface area contributed by atoms with Gasteiger partial charge in [-0.25, -0.2) is 4.98 Å². The molecule has 2 aromatic heterocycles. The van der Waals surface area contributed by atoms with Crippen molar-refractivity contribution in [1.29, 1.82) is 0 Å².